The Morgan fingerprint density at radius 1 is 1.50 bits per heavy atom. The maximum atomic E-state index is 11.3. The SMILES string of the molecule is C[C@@]12CC=CC[C@@H]1C(=O)OC2=O. The van der Waals surface area contributed by atoms with E-state index in [1.165, 1.54) is 0 Å². The van der Waals surface area contributed by atoms with Crippen LogP contribution in [-0.4, -0.2) is 11.9 Å². The van der Waals surface area contributed by atoms with Gasteiger partial charge in [0, 0.05) is 0 Å². The summed E-state index contributed by atoms with van der Waals surface area (Å²) in [5, 5.41) is 0. The summed E-state index contributed by atoms with van der Waals surface area (Å²) in [5.74, 6) is -0.955. The van der Waals surface area contributed by atoms with Gasteiger partial charge in [0.2, 0.25) is 0 Å². The fourth-order valence-corrected chi connectivity index (χ4v) is 1.82. The van der Waals surface area contributed by atoms with E-state index < -0.39 is 5.41 Å². The van der Waals surface area contributed by atoms with Gasteiger partial charge in [0.1, 0.15) is 0 Å². The van der Waals surface area contributed by atoms with Crippen molar-refractivity contribution in [3.05, 3.63) is 12.2 Å². The Morgan fingerprint density at radius 3 is 2.92 bits per heavy atom. The second-order valence-electron chi connectivity index (χ2n) is 3.59. The van der Waals surface area contributed by atoms with Gasteiger partial charge in [-0.3, -0.25) is 9.59 Å². The summed E-state index contributed by atoms with van der Waals surface area (Å²) in [6, 6.07) is 0. The molecule has 0 N–H and O–H groups in total. The Kier molecular flexibility index (Phi) is 1.37. The minimum Gasteiger partial charge on any atom is -0.392 e. The summed E-state index contributed by atoms with van der Waals surface area (Å²) in [7, 11) is 0. The van der Waals surface area contributed by atoms with Gasteiger partial charge >= 0.3 is 11.9 Å². The van der Waals surface area contributed by atoms with Crippen molar-refractivity contribution in [2.24, 2.45) is 11.3 Å². The maximum Gasteiger partial charge on any atom is 0.320 e. The van der Waals surface area contributed by atoms with Gasteiger partial charge in [0.25, 0.3) is 0 Å². The summed E-state index contributed by atoms with van der Waals surface area (Å²) in [5.41, 5.74) is -0.578. The lowest BCUT2D eigenvalue weighted by Gasteiger charge is -2.25. The molecule has 0 unspecified atom stereocenters. The third kappa shape index (κ3) is 0.763. The number of hydrogen-bond donors (Lipinski definition) is 0. The molecule has 0 aromatic carbocycles. The minimum absolute atomic E-state index is 0.241. The van der Waals surface area contributed by atoms with Gasteiger partial charge in [-0.05, 0) is 19.8 Å². The van der Waals surface area contributed by atoms with Crippen LogP contribution in [0.25, 0.3) is 0 Å². The van der Waals surface area contributed by atoms with Gasteiger partial charge in [-0.2, -0.15) is 0 Å². The Morgan fingerprint density at radius 2 is 2.25 bits per heavy atom. The van der Waals surface area contributed by atoms with Crippen LogP contribution in [0.4, 0.5) is 0 Å². The molecular formula is C9H10O3. The standard InChI is InChI=1S/C9H10O3/c1-9-5-3-2-4-6(9)7(10)12-8(9)11/h2-3,6H,4-5H2,1H3/t6-,9-/m1/s1. The van der Waals surface area contributed by atoms with Crippen molar-refractivity contribution in [1.82, 2.24) is 0 Å². The van der Waals surface area contributed by atoms with Crippen LogP contribution in [0.5, 0.6) is 0 Å². The molecule has 0 saturated carbocycles. The summed E-state index contributed by atoms with van der Waals surface area (Å²) >= 11 is 0. The molecule has 2 aliphatic rings. The summed E-state index contributed by atoms with van der Waals surface area (Å²) in [6.45, 7) is 1.80. The molecule has 1 aliphatic heterocycles. The molecule has 2 atom stereocenters. The van der Waals surface area contributed by atoms with Crippen LogP contribution in [0.2, 0.25) is 0 Å². The van der Waals surface area contributed by atoms with E-state index in [1.807, 2.05) is 12.2 Å². The monoisotopic (exact) mass is 166 g/mol. The zero-order chi connectivity index (χ0) is 8.77. The number of cyclic esters (lactones) is 2. The summed E-state index contributed by atoms with van der Waals surface area (Å²) in [4.78, 5) is 22.4. The van der Waals surface area contributed by atoms with Gasteiger partial charge in [-0.15, -0.1) is 0 Å². The zero-order valence-electron chi connectivity index (χ0n) is 6.87. The number of carbonyl (C=O) groups is 2. The van der Waals surface area contributed by atoms with Crippen molar-refractivity contribution in [2.75, 3.05) is 0 Å². The minimum atomic E-state index is -0.578. The third-order valence-corrected chi connectivity index (χ3v) is 2.79. The Balaban J connectivity index is 2.41. The number of ether oxygens (including phenoxy) is 1. The van der Waals surface area contributed by atoms with E-state index in [4.69, 9.17) is 0 Å². The number of hydrogen-bond acceptors (Lipinski definition) is 3. The van der Waals surface area contributed by atoms with Crippen LogP contribution < -0.4 is 0 Å². The molecule has 1 saturated heterocycles. The van der Waals surface area contributed by atoms with Crippen LogP contribution in [0.15, 0.2) is 12.2 Å². The van der Waals surface area contributed by atoms with Crippen molar-refractivity contribution < 1.29 is 14.3 Å². The predicted molar refractivity (Wildman–Crippen MR) is 41.1 cm³/mol. The topological polar surface area (TPSA) is 43.4 Å². The van der Waals surface area contributed by atoms with E-state index in [2.05, 4.69) is 4.74 Å². The highest BCUT2D eigenvalue weighted by molar-refractivity contribution is 5.99. The molecule has 1 heterocycles. The normalized spacial score (nSPS) is 39.6. The van der Waals surface area contributed by atoms with Crippen molar-refractivity contribution in [2.45, 2.75) is 19.8 Å². The number of carbonyl (C=O) groups excluding carboxylic acids is 2. The molecule has 3 nitrogen and oxygen atoms in total. The molecule has 12 heavy (non-hydrogen) atoms. The van der Waals surface area contributed by atoms with Crippen LogP contribution in [0.1, 0.15) is 19.8 Å². The lowest BCUT2D eigenvalue weighted by Crippen LogP contribution is -2.31. The Hall–Kier alpha value is -1.12. The van der Waals surface area contributed by atoms with Crippen molar-refractivity contribution in [1.29, 1.82) is 0 Å². The number of esters is 2. The summed E-state index contributed by atoms with van der Waals surface area (Å²) in [6.07, 6.45) is 5.14. The van der Waals surface area contributed by atoms with Crippen molar-refractivity contribution in [3.8, 4) is 0 Å². The van der Waals surface area contributed by atoms with E-state index in [0.29, 0.717) is 12.8 Å². The first kappa shape index (κ1) is 7.53. The number of fused-ring (bicyclic) bond motifs is 1. The number of rotatable bonds is 0. The first-order valence-electron chi connectivity index (χ1n) is 4.06. The van der Waals surface area contributed by atoms with E-state index >= 15 is 0 Å². The maximum absolute atomic E-state index is 11.3. The quantitative estimate of drug-likeness (QED) is 0.307. The molecule has 3 heteroatoms. The molecule has 2 rings (SSSR count). The van der Waals surface area contributed by atoms with Gasteiger partial charge in [0.15, 0.2) is 0 Å². The molecule has 0 bridgehead atoms. The second-order valence-corrected chi connectivity index (χ2v) is 3.59. The van der Waals surface area contributed by atoms with E-state index in [1.54, 1.807) is 6.92 Å². The molecule has 0 aromatic rings. The fraction of sp³-hybridized carbons (Fsp3) is 0.556. The molecule has 0 radical (unpaired) electrons. The highest BCUT2D eigenvalue weighted by Crippen LogP contribution is 2.44. The Labute approximate surface area is 70.4 Å². The summed E-state index contributed by atoms with van der Waals surface area (Å²) < 4.78 is 4.59. The van der Waals surface area contributed by atoms with E-state index in [-0.39, 0.29) is 17.9 Å². The van der Waals surface area contributed by atoms with Gasteiger partial charge in [0.05, 0.1) is 11.3 Å². The Bertz CT molecular complexity index is 279. The van der Waals surface area contributed by atoms with Gasteiger partial charge in [-0.25, -0.2) is 0 Å². The fourth-order valence-electron chi connectivity index (χ4n) is 1.82. The average molecular weight is 166 g/mol. The lowest BCUT2D eigenvalue weighted by molar-refractivity contribution is -0.155. The smallest absolute Gasteiger partial charge is 0.320 e. The molecule has 1 aliphatic carbocycles. The van der Waals surface area contributed by atoms with Crippen LogP contribution in [-0.2, 0) is 14.3 Å². The predicted octanol–water partition coefficient (Wildman–Crippen LogP) is 1.04. The molecule has 1 fully saturated rings. The van der Waals surface area contributed by atoms with E-state index in [0.717, 1.165) is 0 Å². The second kappa shape index (κ2) is 2.19. The molecular weight excluding hydrogens is 156 g/mol. The largest absolute Gasteiger partial charge is 0.392 e. The highest BCUT2D eigenvalue weighted by atomic mass is 16.6. The van der Waals surface area contributed by atoms with Crippen molar-refractivity contribution >= 4 is 11.9 Å². The first-order chi connectivity index (χ1) is 5.64. The molecule has 0 amide bonds. The molecule has 0 aromatic heterocycles. The van der Waals surface area contributed by atoms with Crippen LogP contribution in [0, 0.1) is 11.3 Å². The zero-order valence-corrected chi connectivity index (χ0v) is 6.87. The van der Waals surface area contributed by atoms with Gasteiger partial charge < -0.3 is 4.74 Å². The molecule has 64 valence electrons. The first-order valence-corrected chi connectivity index (χ1v) is 4.06. The highest BCUT2D eigenvalue weighted by Gasteiger charge is 2.53. The third-order valence-electron chi connectivity index (χ3n) is 2.79. The lowest BCUT2D eigenvalue weighted by atomic mass is 9.72. The molecule has 0 spiro atoms. The van der Waals surface area contributed by atoms with Crippen molar-refractivity contribution in [3.63, 3.8) is 0 Å². The van der Waals surface area contributed by atoms with Crippen LogP contribution >= 0.6 is 0 Å². The number of allylic oxidation sites excluding steroid dienone is 2. The van der Waals surface area contributed by atoms with Gasteiger partial charge in [-0.1, -0.05) is 12.2 Å². The van der Waals surface area contributed by atoms with E-state index in [9.17, 15) is 9.59 Å². The van der Waals surface area contributed by atoms with Crippen LogP contribution in [0.3, 0.4) is 0 Å². The average Bonchev–Trinajstić information content (AvgIpc) is 2.25.